The number of nitrogens with zero attached hydrogens (tertiary/aromatic N) is 2. The maximum Gasteiger partial charge on any atom is 0.252 e. The highest BCUT2D eigenvalue weighted by Crippen LogP contribution is 2.38. The molecule has 2 N–H and O–H groups in total. The fourth-order valence-corrected chi connectivity index (χ4v) is 5.21. The van der Waals surface area contributed by atoms with Crippen molar-refractivity contribution in [3.05, 3.63) is 74.8 Å². The Balaban J connectivity index is 0.00000231. The Morgan fingerprint density at radius 1 is 1.26 bits per heavy atom. The summed E-state index contributed by atoms with van der Waals surface area (Å²) in [5, 5.41) is 7.82. The van der Waals surface area contributed by atoms with Crippen LogP contribution in [0, 0.1) is 12.8 Å². The number of pyridine rings is 2. The van der Waals surface area contributed by atoms with Gasteiger partial charge in [-0.3, -0.25) is 14.6 Å². The van der Waals surface area contributed by atoms with Crippen molar-refractivity contribution in [2.75, 3.05) is 19.6 Å². The number of piperidine rings is 1. The number of nitrogens with one attached hydrogen (secondary N) is 2. The lowest BCUT2D eigenvalue weighted by atomic mass is 9.79. The van der Waals surface area contributed by atoms with Gasteiger partial charge in [0.1, 0.15) is 0 Å². The van der Waals surface area contributed by atoms with Crippen molar-refractivity contribution in [1.29, 1.82) is 0 Å². The Bertz CT molecular complexity index is 1210. The molecule has 1 fully saturated rings. The highest BCUT2D eigenvalue weighted by atomic mass is 35.5. The monoisotopic (exact) mass is 458 g/mol. The van der Waals surface area contributed by atoms with Gasteiger partial charge < -0.3 is 15.2 Å². The van der Waals surface area contributed by atoms with E-state index in [1.807, 2.05) is 35.8 Å². The van der Waals surface area contributed by atoms with Crippen LogP contribution in [-0.2, 0) is 0 Å². The molecule has 162 valence electrons. The van der Waals surface area contributed by atoms with Gasteiger partial charge in [-0.1, -0.05) is 29.8 Å². The van der Waals surface area contributed by atoms with Gasteiger partial charge in [-0.05, 0) is 37.5 Å². The molecule has 2 aliphatic heterocycles. The molecule has 31 heavy (non-hydrogen) atoms. The number of benzene rings is 1. The Morgan fingerprint density at radius 2 is 2.06 bits per heavy atom. The zero-order chi connectivity index (χ0) is 20.8. The summed E-state index contributed by atoms with van der Waals surface area (Å²) in [6.45, 7) is 4.00. The fraction of sp³-hybridized carbons (Fsp3) is 0.348. The van der Waals surface area contributed by atoms with Crippen molar-refractivity contribution < 1.29 is 4.79 Å². The molecule has 2 aliphatic rings. The number of para-hydroxylation sites is 1. The van der Waals surface area contributed by atoms with E-state index in [9.17, 15) is 9.59 Å². The Labute approximate surface area is 191 Å². The van der Waals surface area contributed by atoms with Gasteiger partial charge in [-0.15, -0.1) is 12.4 Å². The lowest BCUT2D eigenvalue weighted by molar-refractivity contribution is 0.0933. The molecule has 0 aliphatic carbocycles. The number of carbonyl (C=O) groups excluding carboxylic acids is 1. The number of halogens is 2. The number of aromatic nitrogens is 2. The molecule has 2 aromatic heterocycles. The second kappa shape index (κ2) is 8.61. The van der Waals surface area contributed by atoms with Gasteiger partial charge in [-0.25, -0.2) is 0 Å². The van der Waals surface area contributed by atoms with Crippen LogP contribution in [-0.4, -0.2) is 35.1 Å². The Kier molecular flexibility index (Phi) is 6.06. The molecular weight excluding hydrogens is 435 g/mol. The first kappa shape index (κ1) is 21.8. The smallest absolute Gasteiger partial charge is 0.252 e. The van der Waals surface area contributed by atoms with Gasteiger partial charge in [-0.2, -0.15) is 0 Å². The minimum Gasteiger partial charge on any atom is -0.350 e. The first-order chi connectivity index (χ1) is 14.5. The summed E-state index contributed by atoms with van der Waals surface area (Å²) in [6, 6.07) is 12.6. The minimum atomic E-state index is -0.177. The van der Waals surface area contributed by atoms with Crippen molar-refractivity contribution in [2.24, 2.45) is 5.92 Å². The van der Waals surface area contributed by atoms with Crippen molar-refractivity contribution in [3.8, 4) is 0 Å². The molecule has 0 unspecified atom stereocenters. The summed E-state index contributed by atoms with van der Waals surface area (Å²) in [6.07, 6.45) is 1.03. The third kappa shape index (κ3) is 3.84. The first-order valence-corrected chi connectivity index (χ1v) is 10.7. The highest BCUT2D eigenvalue weighted by Gasteiger charge is 2.37. The second-order valence-electron chi connectivity index (χ2n) is 8.23. The summed E-state index contributed by atoms with van der Waals surface area (Å²) < 4.78 is 1.90. The summed E-state index contributed by atoms with van der Waals surface area (Å²) >= 11 is 6.30. The van der Waals surface area contributed by atoms with E-state index in [2.05, 4.69) is 15.6 Å². The molecule has 2 bridgehead atoms. The predicted octanol–water partition coefficient (Wildman–Crippen LogP) is 3.46. The van der Waals surface area contributed by atoms with Gasteiger partial charge in [0.25, 0.3) is 11.5 Å². The maximum atomic E-state index is 13.2. The minimum absolute atomic E-state index is 0. The molecule has 0 radical (unpaired) electrons. The molecule has 6 nitrogen and oxygen atoms in total. The van der Waals surface area contributed by atoms with Crippen molar-refractivity contribution >= 4 is 40.8 Å². The van der Waals surface area contributed by atoms with Crippen LogP contribution >= 0.6 is 24.0 Å². The number of fused-ring (bicyclic) bond motifs is 5. The predicted molar refractivity (Wildman–Crippen MR) is 125 cm³/mol. The summed E-state index contributed by atoms with van der Waals surface area (Å²) in [7, 11) is 0. The van der Waals surface area contributed by atoms with Crippen LogP contribution in [0.25, 0.3) is 10.9 Å². The summed E-state index contributed by atoms with van der Waals surface area (Å²) in [5.41, 5.74) is 2.97. The van der Waals surface area contributed by atoms with Gasteiger partial charge in [0.05, 0.1) is 22.1 Å². The van der Waals surface area contributed by atoms with Crippen LogP contribution in [0.5, 0.6) is 0 Å². The highest BCUT2D eigenvalue weighted by molar-refractivity contribution is 6.35. The number of amides is 1. The van der Waals surface area contributed by atoms with E-state index in [0.29, 0.717) is 34.5 Å². The molecule has 8 heteroatoms. The molecule has 1 amide bonds. The lowest BCUT2D eigenvalue weighted by Crippen LogP contribution is -2.50. The number of aryl methyl sites for hydroxylation is 1. The van der Waals surface area contributed by atoms with Gasteiger partial charge in [0.2, 0.25) is 0 Å². The van der Waals surface area contributed by atoms with E-state index < -0.39 is 0 Å². The number of hydrogen-bond donors (Lipinski definition) is 2. The molecule has 4 heterocycles. The van der Waals surface area contributed by atoms with Crippen LogP contribution in [0.4, 0.5) is 0 Å². The average Bonchev–Trinajstić information content (AvgIpc) is 2.74. The van der Waals surface area contributed by atoms with Crippen LogP contribution in [0.3, 0.4) is 0 Å². The molecule has 3 aromatic rings. The van der Waals surface area contributed by atoms with Crippen molar-refractivity contribution in [3.63, 3.8) is 0 Å². The van der Waals surface area contributed by atoms with E-state index in [1.54, 1.807) is 18.2 Å². The maximum absolute atomic E-state index is 13.2. The fourth-order valence-electron chi connectivity index (χ4n) is 4.99. The molecule has 3 atom stereocenters. The molecule has 0 spiro atoms. The Hall–Kier alpha value is -2.41. The third-order valence-corrected chi connectivity index (χ3v) is 6.64. The van der Waals surface area contributed by atoms with E-state index >= 15 is 0 Å². The zero-order valence-electron chi connectivity index (χ0n) is 17.1. The number of hydrogen-bond acceptors (Lipinski definition) is 4. The van der Waals surface area contributed by atoms with Crippen LogP contribution < -0.4 is 16.2 Å². The standard InChI is InChI=1S/C23H23ClN4O2.ClH/c1-13-8-17(16-4-2-5-18(24)22(16)27-13)23(30)26-12-20-15-9-14(10-25-11-15)19-6-3-7-21(29)28(19)20;/h2-8,14-15,20,25H,9-12H2,1H3,(H,26,30);1H/t14-,15+,20+;/m1./s1. The van der Waals surface area contributed by atoms with Crippen LogP contribution in [0.15, 0.2) is 47.3 Å². The van der Waals surface area contributed by atoms with Gasteiger partial charge in [0.15, 0.2) is 0 Å². The number of rotatable bonds is 3. The third-order valence-electron chi connectivity index (χ3n) is 6.33. The van der Waals surface area contributed by atoms with Crippen LogP contribution in [0.2, 0.25) is 5.02 Å². The number of carbonyl (C=O) groups is 1. The van der Waals surface area contributed by atoms with E-state index in [0.717, 1.165) is 36.3 Å². The Morgan fingerprint density at radius 3 is 2.90 bits per heavy atom. The van der Waals surface area contributed by atoms with E-state index in [4.69, 9.17) is 11.6 Å². The quantitative estimate of drug-likeness (QED) is 0.629. The topological polar surface area (TPSA) is 76.0 Å². The molecule has 1 aromatic carbocycles. The molecular formula is C23H24Cl2N4O2. The van der Waals surface area contributed by atoms with E-state index in [-0.39, 0.29) is 29.9 Å². The van der Waals surface area contributed by atoms with Gasteiger partial charge in [0, 0.05) is 48.4 Å². The second-order valence-corrected chi connectivity index (χ2v) is 8.64. The first-order valence-electron chi connectivity index (χ1n) is 10.3. The zero-order valence-corrected chi connectivity index (χ0v) is 18.7. The molecule has 1 saturated heterocycles. The summed E-state index contributed by atoms with van der Waals surface area (Å²) in [4.78, 5) is 30.3. The van der Waals surface area contributed by atoms with Gasteiger partial charge >= 0.3 is 0 Å². The molecule has 0 saturated carbocycles. The summed E-state index contributed by atoms with van der Waals surface area (Å²) in [5.74, 6) is 0.477. The lowest BCUT2D eigenvalue weighted by Gasteiger charge is -2.43. The largest absolute Gasteiger partial charge is 0.350 e. The average molecular weight is 459 g/mol. The van der Waals surface area contributed by atoms with Crippen molar-refractivity contribution in [1.82, 2.24) is 20.2 Å². The normalized spacial score (nSPS) is 21.8. The van der Waals surface area contributed by atoms with E-state index in [1.165, 1.54) is 0 Å². The van der Waals surface area contributed by atoms with Crippen LogP contribution in [0.1, 0.15) is 40.1 Å². The SMILES string of the molecule is Cc1cc(C(=O)NC[C@H]2[C@@H]3CNC[C@@H](C3)c3cccc(=O)n32)c2cccc(Cl)c2n1.Cl. The van der Waals surface area contributed by atoms with Crippen molar-refractivity contribution in [2.45, 2.75) is 25.3 Å². The molecule has 5 rings (SSSR count).